The third kappa shape index (κ3) is 2.18. The summed E-state index contributed by atoms with van der Waals surface area (Å²) in [5, 5.41) is 3.41. The molecule has 1 unspecified atom stereocenters. The average molecular weight is 287 g/mol. The number of ether oxygens (including phenoxy) is 1. The monoisotopic (exact) mass is 287 g/mol. The molecule has 2 saturated heterocycles. The van der Waals surface area contributed by atoms with Crippen molar-refractivity contribution >= 4 is 0 Å². The standard InChI is InChI=1S/C15H21N5O/c1-19-8-6-17-13(19)14-18-7-9-20(14)12-10-15(21-11-12)2-4-16-5-3-15/h6-9,12,16H,2-5,10-11H2,1H3. The Labute approximate surface area is 124 Å². The van der Waals surface area contributed by atoms with Crippen LogP contribution in [0.15, 0.2) is 24.8 Å². The molecule has 0 saturated carbocycles. The number of hydrogen-bond acceptors (Lipinski definition) is 4. The third-order valence-electron chi connectivity index (χ3n) is 4.79. The summed E-state index contributed by atoms with van der Waals surface area (Å²) in [4.78, 5) is 8.93. The quantitative estimate of drug-likeness (QED) is 0.906. The molecule has 4 rings (SSSR count). The van der Waals surface area contributed by atoms with Gasteiger partial charge < -0.3 is 19.2 Å². The average Bonchev–Trinajstić information content (AvgIpc) is 3.19. The predicted molar refractivity (Wildman–Crippen MR) is 78.9 cm³/mol. The van der Waals surface area contributed by atoms with Crippen molar-refractivity contribution in [2.45, 2.75) is 30.9 Å². The van der Waals surface area contributed by atoms with Gasteiger partial charge in [-0.15, -0.1) is 0 Å². The summed E-state index contributed by atoms with van der Waals surface area (Å²) >= 11 is 0. The Kier molecular flexibility index (Phi) is 3.08. The third-order valence-corrected chi connectivity index (χ3v) is 4.79. The van der Waals surface area contributed by atoms with E-state index in [-0.39, 0.29) is 5.60 Å². The molecule has 6 nitrogen and oxygen atoms in total. The van der Waals surface area contributed by atoms with E-state index in [0.717, 1.165) is 50.6 Å². The first kappa shape index (κ1) is 13.0. The number of aryl methyl sites for hydroxylation is 1. The number of piperidine rings is 1. The highest BCUT2D eigenvalue weighted by molar-refractivity contribution is 5.45. The first-order valence-electron chi connectivity index (χ1n) is 7.63. The van der Waals surface area contributed by atoms with Gasteiger partial charge in [-0.3, -0.25) is 0 Å². The first-order chi connectivity index (χ1) is 10.3. The van der Waals surface area contributed by atoms with Gasteiger partial charge in [0.1, 0.15) is 0 Å². The van der Waals surface area contributed by atoms with Crippen molar-refractivity contribution in [2.24, 2.45) is 7.05 Å². The van der Waals surface area contributed by atoms with Crippen LogP contribution in [-0.4, -0.2) is 44.4 Å². The molecule has 0 bridgehead atoms. The molecule has 0 radical (unpaired) electrons. The number of nitrogens with one attached hydrogen (secondary N) is 1. The van der Waals surface area contributed by atoms with Crippen molar-refractivity contribution < 1.29 is 4.74 Å². The van der Waals surface area contributed by atoms with E-state index in [1.807, 2.05) is 30.2 Å². The van der Waals surface area contributed by atoms with Crippen LogP contribution in [0.4, 0.5) is 0 Å². The van der Waals surface area contributed by atoms with E-state index in [1.165, 1.54) is 0 Å². The van der Waals surface area contributed by atoms with E-state index < -0.39 is 0 Å². The lowest BCUT2D eigenvalue weighted by Gasteiger charge is -2.32. The van der Waals surface area contributed by atoms with Crippen LogP contribution in [0.1, 0.15) is 25.3 Å². The number of rotatable bonds is 2. The van der Waals surface area contributed by atoms with Crippen molar-refractivity contribution in [3.05, 3.63) is 24.8 Å². The molecule has 2 aromatic heterocycles. The van der Waals surface area contributed by atoms with E-state index >= 15 is 0 Å². The highest BCUT2D eigenvalue weighted by Crippen LogP contribution is 2.40. The summed E-state index contributed by atoms with van der Waals surface area (Å²) in [5.41, 5.74) is 0.0685. The lowest BCUT2D eigenvalue weighted by molar-refractivity contribution is -0.0195. The topological polar surface area (TPSA) is 56.9 Å². The fourth-order valence-electron chi connectivity index (χ4n) is 3.59. The molecular formula is C15H21N5O. The van der Waals surface area contributed by atoms with Crippen molar-refractivity contribution in [3.8, 4) is 11.6 Å². The van der Waals surface area contributed by atoms with Crippen LogP contribution in [0.2, 0.25) is 0 Å². The van der Waals surface area contributed by atoms with Crippen molar-refractivity contribution in [1.29, 1.82) is 0 Å². The molecule has 1 atom stereocenters. The zero-order valence-electron chi connectivity index (χ0n) is 12.3. The molecule has 21 heavy (non-hydrogen) atoms. The Balaban J connectivity index is 1.61. The van der Waals surface area contributed by atoms with Gasteiger partial charge in [-0.2, -0.15) is 0 Å². The van der Waals surface area contributed by atoms with Crippen LogP contribution < -0.4 is 5.32 Å². The molecule has 2 fully saturated rings. The molecule has 6 heteroatoms. The fraction of sp³-hybridized carbons (Fsp3) is 0.600. The van der Waals surface area contributed by atoms with Gasteiger partial charge in [0.25, 0.3) is 0 Å². The highest BCUT2D eigenvalue weighted by atomic mass is 16.5. The smallest absolute Gasteiger partial charge is 0.176 e. The molecule has 2 aliphatic heterocycles. The lowest BCUT2D eigenvalue weighted by Crippen LogP contribution is -2.41. The number of aromatic nitrogens is 4. The summed E-state index contributed by atoms with van der Waals surface area (Å²) in [5.74, 6) is 1.84. The largest absolute Gasteiger partial charge is 0.373 e. The Morgan fingerprint density at radius 3 is 2.71 bits per heavy atom. The van der Waals surface area contributed by atoms with Crippen LogP contribution in [0.3, 0.4) is 0 Å². The fourth-order valence-corrected chi connectivity index (χ4v) is 3.59. The number of nitrogens with zero attached hydrogens (tertiary/aromatic N) is 4. The van der Waals surface area contributed by atoms with Crippen LogP contribution >= 0.6 is 0 Å². The SMILES string of the molecule is Cn1ccnc1-c1nccn1C1COC2(CCNCC2)C1. The Bertz CT molecular complexity index is 626. The maximum absolute atomic E-state index is 6.20. The first-order valence-corrected chi connectivity index (χ1v) is 7.63. The van der Waals surface area contributed by atoms with Crippen molar-refractivity contribution in [2.75, 3.05) is 19.7 Å². The molecule has 4 heterocycles. The summed E-state index contributed by atoms with van der Waals surface area (Å²) in [6.45, 7) is 2.89. The summed E-state index contributed by atoms with van der Waals surface area (Å²) < 4.78 is 10.4. The zero-order chi connectivity index (χ0) is 14.3. The summed E-state index contributed by atoms with van der Waals surface area (Å²) in [7, 11) is 2.00. The molecule has 2 aliphatic rings. The lowest BCUT2D eigenvalue weighted by atomic mass is 9.88. The molecular weight excluding hydrogens is 266 g/mol. The van der Waals surface area contributed by atoms with Gasteiger partial charge in [0.15, 0.2) is 11.6 Å². The van der Waals surface area contributed by atoms with E-state index in [9.17, 15) is 0 Å². The normalized spacial score (nSPS) is 24.7. The van der Waals surface area contributed by atoms with Crippen LogP contribution in [0.5, 0.6) is 0 Å². The number of imidazole rings is 2. The number of hydrogen-bond donors (Lipinski definition) is 1. The molecule has 0 aliphatic carbocycles. The molecule has 0 aromatic carbocycles. The predicted octanol–water partition coefficient (Wildman–Crippen LogP) is 1.37. The van der Waals surface area contributed by atoms with Gasteiger partial charge in [0, 0.05) is 31.8 Å². The van der Waals surface area contributed by atoms with Crippen LogP contribution in [0.25, 0.3) is 11.6 Å². The molecule has 2 aromatic rings. The Morgan fingerprint density at radius 1 is 1.19 bits per heavy atom. The Morgan fingerprint density at radius 2 is 1.95 bits per heavy atom. The van der Waals surface area contributed by atoms with Gasteiger partial charge in [0.2, 0.25) is 0 Å². The van der Waals surface area contributed by atoms with Gasteiger partial charge in [-0.25, -0.2) is 9.97 Å². The van der Waals surface area contributed by atoms with E-state index in [0.29, 0.717) is 6.04 Å². The molecule has 0 amide bonds. The van der Waals surface area contributed by atoms with Crippen molar-refractivity contribution in [1.82, 2.24) is 24.4 Å². The van der Waals surface area contributed by atoms with E-state index in [4.69, 9.17) is 4.74 Å². The highest BCUT2D eigenvalue weighted by Gasteiger charge is 2.42. The maximum atomic E-state index is 6.20. The van der Waals surface area contributed by atoms with E-state index in [1.54, 1.807) is 0 Å². The van der Waals surface area contributed by atoms with Gasteiger partial charge >= 0.3 is 0 Å². The minimum absolute atomic E-state index is 0.0685. The zero-order valence-corrected chi connectivity index (χ0v) is 12.3. The van der Waals surface area contributed by atoms with Crippen LogP contribution in [0, 0.1) is 0 Å². The maximum Gasteiger partial charge on any atom is 0.176 e. The Hall–Kier alpha value is -1.66. The summed E-state index contributed by atoms with van der Waals surface area (Å²) in [6, 6.07) is 0.359. The van der Waals surface area contributed by atoms with Crippen molar-refractivity contribution in [3.63, 3.8) is 0 Å². The summed E-state index contributed by atoms with van der Waals surface area (Å²) in [6.07, 6.45) is 11.0. The van der Waals surface area contributed by atoms with Gasteiger partial charge in [-0.1, -0.05) is 0 Å². The second kappa shape index (κ2) is 4.96. The molecule has 1 N–H and O–H groups in total. The second-order valence-electron chi connectivity index (χ2n) is 6.12. The molecule has 1 spiro atoms. The van der Waals surface area contributed by atoms with Crippen LogP contribution in [-0.2, 0) is 11.8 Å². The van der Waals surface area contributed by atoms with Gasteiger partial charge in [0.05, 0.1) is 18.2 Å². The van der Waals surface area contributed by atoms with E-state index in [2.05, 4.69) is 26.0 Å². The minimum atomic E-state index is 0.0685. The second-order valence-corrected chi connectivity index (χ2v) is 6.12. The van der Waals surface area contributed by atoms with Gasteiger partial charge in [-0.05, 0) is 32.4 Å². The molecule has 112 valence electrons. The minimum Gasteiger partial charge on any atom is -0.373 e.